The van der Waals surface area contributed by atoms with Crippen LogP contribution in [0.3, 0.4) is 0 Å². The SMILES string of the molecule is N#Cc1ccc(CNc2nc(N)ccc2[N+](=O)[O-])cc1. The van der Waals surface area contributed by atoms with E-state index in [1.165, 1.54) is 12.1 Å². The first-order valence-corrected chi connectivity index (χ1v) is 5.74. The van der Waals surface area contributed by atoms with E-state index in [1.807, 2.05) is 6.07 Å². The predicted molar refractivity (Wildman–Crippen MR) is 73.8 cm³/mol. The molecule has 1 aromatic carbocycles. The normalized spacial score (nSPS) is 9.75. The van der Waals surface area contributed by atoms with Gasteiger partial charge in [-0.2, -0.15) is 5.26 Å². The van der Waals surface area contributed by atoms with Crippen LogP contribution in [0.1, 0.15) is 11.1 Å². The highest BCUT2D eigenvalue weighted by atomic mass is 16.6. The molecule has 20 heavy (non-hydrogen) atoms. The second-order valence-electron chi connectivity index (χ2n) is 4.02. The zero-order valence-electron chi connectivity index (χ0n) is 10.4. The molecule has 0 aliphatic carbocycles. The molecule has 7 nitrogen and oxygen atoms in total. The lowest BCUT2D eigenvalue weighted by atomic mass is 10.1. The summed E-state index contributed by atoms with van der Waals surface area (Å²) in [5.41, 5.74) is 6.83. The Labute approximate surface area is 114 Å². The number of nitrogens with two attached hydrogens (primary N) is 1. The minimum absolute atomic E-state index is 0.124. The van der Waals surface area contributed by atoms with Crippen molar-refractivity contribution in [2.24, 2.45) is 0 Å². The Hall–Kier alpha value is -3.14. The van der Waals surface area contributed by atoms with Crippen LogP contribution in [0.2, 0.25) is 0 Å². The molecule has 0 atom stereocenters. The molecule has 0 radical (unpaired) electrons. The fraction of sp³-hybridized carbons (Fsp3) is 0.0769. The topological polar surface area (TPSA) is 118 Å². The van der Waals surface area contributed by atoms with Crippen LogP contribution in [0.25, 0.3) is 0 Å². The molecule has 1 heterocycles. The third kappa shape index (κ3) is 3.00. The molecule has 0 spiro atoms. The molecule has 0 unspecified atom stereocenters. The Balaban J connectivity index is 2.15. The molecule has 0 amide bonds. The van der Waals surface area contributed by atoms with E-state index in [9.17, 15) is 10.1 Å². The number of pyridine rings is 1. The van der Waals surface area contributed by atoms with Crippen molar-refractivity contribution in [1.82, 2.24) is 4.98 Å². The molecule has 2 aromatic rings. The summed E-state index contributed by atoms with van der Waals surface area (Å²) in [6, 6.07) is 11.6. The van der Waals surface area contributed by atoms with Crippen molar-refractivity contribution >= 4 is 17.3 Å². The summed E-state index contributed by atoms with van der Waals surface area (Å²) in [6.45, 7) is 0.350. The first-order valence-electron chi connectivity index (χ1n) is 5.74. The number of nitro groups is 1. The van der Waals surface area contributed by atoms with E-state index in [2.05, 4.69) is 10.3 Å². The zero-order valence-corrected chi connectivity index (χ0v) is 10.4. The van der Waals surface area contributed by atoms with Gasteiger partial charge >= 0.3 is 5.69 Å². The zero-order chi connectivity index (χ0) is 14.5. The number of benzene rings is 1. The monoisotopic (exact) mass is 269 g/mol. The smallest absolute Gasteiger partial charge is 0.311 e. The third-order valence-electron chi connectivity index (χ3n) is 2.64. The van der Waals surface area contributed by atoms with Gasteiger partial charge in [0.25, 0.3) is 0 Å². The van der Waals surface area contributed by atoms with Crippen molar-refractivity contribution in [2.75, 3.05) is 11.1 Å². The van der Waals surface area contributed by atoms with Crippen LogP contribution < -0.4 is 11.1 Å². The van der Waals surface area contributed by atoms with Gasteiger partial charge in [0.05, 0.1) is 16.6 Å². The standard InChI is InChI=1S/C13H11N5O2/c14-7-9-1-3-10(4-2-9)8-16-13-11(18(19)20)5-6-12(15)17-13/h1-6H,8H2,(H3,15,16,17). The Morgan fingerprint density at radius 3 is 2.60 bits per heavy atom. The summed E-state index contributed by atoms with van der Waals surface area (Å²) in [5, 5.41) is 22.5. The van der Waals surface area contributed by atoms with Gasteiger partial charge in [0.2, 0.25) is 5.82 Å². The van der Waals surface area contributed by atoms with Gasteiger partial charge < -0.3 is 11.1 Å². The van der Waals surface area contributed by atoms with Gasteiger partial charge in [-0.1, -0.05) is 12.1 Å². The van der Waals surface area contributed by atoms with Gasteiger partial charge in [-0.3, -0.25) is 10.1 Å². The molecule has 1 aromatic heterocycles. The molecule has 7 heteroatoms. The van der Waals surface area contributed by atoms with Gasteiger partial charge in [-0.05, 0) is 23.8 Å². The lowest BCUT2D eigenvalue weighted by molar-refractivity contribution is -0.384. The molecule has 0 aliphatic heterocycles. The molecule has 2 rings (SSSR count). The molecule has 0 bridgehead atoms. The summed E-state index contributed by atoms with van der Waals surface area (Å²) in [6.07, 6.45) is 0. The number of nitrogens with zero attached hydrogens (tertiary/aromatic N) is 3. The highest BCUT2D eigenvalue weighted by Gasteiger charge is 2.14. The first kappa shape index (κ1) is 13.3. The van der Waals surface area contributed by atoms with E-state index in [4.69, 9.17) is 11.0 Å². The summed E-state index contributed by atoms with van der Waals surface area (Å²) in [5.74, 6) is 0.331. The van der Waals surface area contributed by atoms with Crippen LogP contribution in [0.5, 0.6) is 0 Å². The summed E-state index contributed by atoms with van der Waals surface area (Å²) < 4.78 is 0. The fourth-order valence-corrected chi connectivity index (χ4v) is 1.63. The minimum Gasteiger partial charge on any atom is -0.384 e. The lowest BCUT2D eigenvalue weighted by Crippen LogP contribution is -2.06. The fourth-order valence-electron chi connectivity index (χ4n) is 1.63. The number of hydrogen-bond donors (Lipinski definition) is 2. The van der Waals surface area contributed by atoms with Crippen molar-refractivity contribution in [3.8, 4) is 6.07 Å². The summed E-state index contributed by atoms with van der Waals surface area (Å²) in [7, 11) is 0. The molecular weight excluding hydrogens is 258 g/mol. The number of anilines is 2. The highest BCUT2D eigenvalue weighted by Crippen LogP contribution is 2.23. The second-order valence-corrected chi connectivity index (χ2v) is 4.02. The van der Waals surface area contributed by atoms with Gasteiger partial charge in [-0.15, -0.1) is 0 Å². The van der Waals surface area contributed by atoms with Crippen LogP contribution in [0.4, 0.5) is 17.3 Å². The number of aromatic nitrogens is 1. The Morgan fingerprint density at radius 2 is 2.00 bits per heavy atom. The molecule has 0 saturated carbocycles. The Morgan fingerprint density at radius 1 is 1.30 bits per heavy atom. The maximum absolute atomic E-state index is 10.9. The number of hydrogen-bond acceptors (Lipinski definition) is 6. The van der Waals surface area contributed by atoms with Crippen LogP contribution in [-0.4, -0.2) is 9.91 Å². The average molecular weight is 269 g/mol. The van der Waals surface area contributed by atoms with Crippen LogP contribution in [-0.2, 0) is 6.54 Å². The van der Waals surface area contributed by atoms with Crippen LogP contribution >= 0.6 is 0 Å². The van der Waals surface area contributed by atoms with Crippen LogP contribution in [0.15, 0.2) is 36.4 Å². The van der Waals surface area contributed by atoms with Crippen molar-refractivity contribution < 1.29 is 4.92 Å². The van der Waals surface area contributed by atoms with Crippen molar-refractivity contribution in [2.45, 2.75) is 6.54 Å². The third-order valence-corrected chi connectivity index (χ3v) is 2.64. The predicted octanol–water partition coefficient (Wildman–Crippen LogP) is 2.06. The van der Waals surface area contributed by atoms with E-state index in [0.29, 0.717) is 12.1 Å². The maximum atomic E-state index is 10.9. The molecule has 100 valence electrons. The maximum Gasteiger partial charge on any atom is 0.311 e. The molecule has 0 saturated heterocycles. The number of rotatable bonds is 4. The van der Waals surface area contributed by atoms with Crippen molar-refractivity contribution in [3.05, 3.63) is 57.6 Å². The quantitative estimate of drug-likeness (QED) is 0.647. The lowest BCUT2D eigenvalue weighted by Gasteiger charge is -2.07. The van der Waals surface area contributed by atoms with Gasteiger partial charge in [0, 0.05) is 12.6 Å². The minimum atomic E-state index is -0.520. The first-order chi connectivity index (χ1) is 9.60. The average Bonchev–Trinajstić information content (AvgIpc) is 2.45. The van der Waals surface area contributed by atoms with Gasteiger partial charge in [0.15, 0.2) is 0 Å². The van der Waals surface area contributed by atoms with Gasteiger partial charge in [-0.25, -0.2) is 4.98 Å². The number of nitriles is 1. The van der Waals surface area contributed by atoms with E-state index in [-0.39, 0.29) is 17.3 Å². The summed E-state index contributed by atoms with van der Waals surface area (Å²) in [4.78, 5) is 14.3. The molecule has 0 fully saturated rings. The van der Waals surface area contributed by atoms with E-state index < -0.39 is 4.92 Å². The summed E-state index contributed by atoms with van der Waals surface area (Å²) >= 11 is 0. The van der Waals surface area contributed by atoms with E-state index in [0.717, 1.165) is 5.56 Å². The van der Waals surface area contributed by atoms with E-state index >= 15 is 0 Å². The van der Waals surface area contributed by atoms with E-state index in [1.54, 1.807) is 24.3 Å². The second kappa shape index (κ2) is 5.67. The van der Waals surface area contributed by atoms with Crippen LogP contribution in [0, 0.1) is 21.4 Å². The number of nitrogens with one attached hydrogen (secondary N) is 1. The van der Waals surface area contributed by atoms with Gasteiger partial charge in [0.1, 0.15) is 5.82 Å². The molecule has 0 aliphatic rings. The van der Waals surface area contributed by atoms with Crippen molar-refractivity contribution in [3.63, 3.8) is 0 Å². The van der Waals surface area contributed by atoms with Crippen molar-refractivity contribution in [1.29, 1.82) is 5.26 Å². The molecule has 3 N–H and O–H groups in total. The number of nitrogen functional groups attached to an aromatic ring is 1. The molecular formula is C13H11N5O2. The largest absolute Gasteiger partial charge is 0.384 e. The highest BCUT2D eigenvalue weighted by molar-refractivity contribution is 5.59. The Bertz CT molecular complexity index is 676. The Kier molecular flexibility index (Phi) is 3.77.